The van der Waals surface area contributed by atoms with E-state index in [0.29, 0.717) is 10.5 Å². The van der Waals surface area contributed by atoms with Crippen molar-refractivity contribution in [2.24, 2.45) is 0 Å². The summed E-state index contributed by atoms with van der Waals surface area (Å²) in [4.78, 5) is 48.7. The van der Waals surface area contributed by atoms with Crippen LogP contribution in [0.25, 0.3) is 6.08 Å². The topological polar surface area (TPSA) is 153 Å². The predicted octanol–water partition coefficient (Wildman–Crippen LogP) is 3.79. The number of hydrogen-bond acceptors (Lipinski definition) is 8. The lowest BCUT2D eigenvalue weighted by molar-refractivity contribution is -0.384. The molecule has 0 radical (unpaired) electrons. The number of anilines is 1. The molecule has 4 amide bonds. The Morgan fingerprint density at radius 2 is 1.69 bits per heavy atom. The number of halogens is 1. The lowest BCUT2D eigenvalue weighted by Gasteiger charge is -2.26. The molecule has 1 fully saturated rings. The quantitative estimate of drug-likeness (QED) is 0.154. The first kappa shape index (κ1) is 24.8. The summed E-state index contributed by atoms with van der Waals surface area (Å²) in [6, 6.07) is 15.4. The van der Waals surface area contributed by atoms with Crippen molar-refractivity contribution in [3.63, 3.8) is 0 Å². The van der Waals surface area contributed by atoms with Gasteiger partial charge >= 0.3 is 16.1 Å². The summed E-state index contributed by atoms with van der Waals surface area (Å²) in [6.07, 6.45) is 1.19. The molecule has 0 aromatic heterocycles. The van der Waals surface area contributed by atoms with Crippen molar-refractivity contribution in [1.29, 1.82) is 0 Å². The van der Waals surface area contributed by atoms with E-state index < -0.39 is 38.5 Å². The molecule has 0 spiro atoms. The average Bonchev–Trinajstić information content (AvgIpc) is 2.84. The number of nitro benzene ring substituents is 1. The van der Waals surface area contributed by atoms with Crippen LogP contribution >= 0.6 is 15.9 Å². The van der Waals surface area contributed by atoms with Gasteiger partial charge in [-0.2, -0.15) is 8.42 Å². The average molecular weight is 572 g/mol. The van der Waals surface area contributed by atoms with Gasteiger partial charge in [-0.1, -0.05) is 30.3 Å². The van der Waals surface area contributed by atoms with Gasteiger partial charge in [-0.05, 0) is 57.9 Å². The molecule has 0 bridgehead atoms. The van der Waals surface area contributed by atoms with Gasteiger partial charge in [0.2, 0.25) is 0 Å². The van der Waals surface area contributed by atoms with Crippen LogP contribution in [0.15, 0.2) is 87.7 Å². The third kappa shape index (κ3) is 5.01. The molecule has 1 aliphatic rings. The van der Waals surface area contributed by atoms with Crippen molar-refractivity contribution < 1.29 is 31.9 Å². The molecule has 13 heteroatoms. The highest BCUT2D eigenvalue weighted by Crippen LogP contribution is 2.31. The minimum absolute atomic E-state index is 0.0335. The van der Waals surface area contributed by atoms with Gasteiger partial charge in [0, 0.05) is 12.1 Å². The maximum atomic E-state index is 13.0. The summed E-state index contributed by atoms with van der Waals surface area (Å²) < 4.78 is 30.3. The molecule has 36 heavy (non-hydrogen) atoms. The standard InChI is InChI=1S/C23H14BrN3O8S/c24-19-12-14(9-10-20(19)35-36(33,34)17-7-2-1-3-8-17)11-18-21(28)25-23(30)26(22(18)29)15-5-4-6-16(13-15)27(31)32/h1-13H,(H,25,28,30)/b18-11+. The Labute approximate surface area is 212 Å². The Balaban J connectivity index is 1.64. The summed E-state index contributed by atoms with van der Waals surface area (Å²) >= 11 is 3.21. The van der Waals surface area contributed by atoms with E-state index >= 15 is 0 Å². The molecule has 0 aliphatic carbocycles. The zero-order valence-electron chi connectivity index (χ0n) is 18.0. The Bertz CT molecular complexity index is 1550. The highest BCUT2D eigenvalue weighted by Gasteiger charge is 2.37. The Kier molecular flexibility index (Phi) is 6.68. The molecule has 0 saturated carbocycles. The second-order valence-electron chi connectivity index (χ2n) is 7.28. The SMILES string of the molecule is O=C1NC(=O)N(c2cccc([N+](=O)[O-])c2)C(=O)/C1=C/c1ccc(OS(=O)(=O)c2ccccc2)c(Br)c1. The summed E-state index contributed by atoms with van der Waals surface area (Å²) in [6.45, 7) is 0. The van der Waals surface area contributed by atoms with E-state index in [1.807, 2.05) is 5.32 Å². The zero-order chi connectivity index (χ0) is 26.0. The maximum Gasteiger partial charge on any atom is 0.339 e. The number of amides is 4. The molecule has 1 aliphatic heterocycles. The fourth-order valence-corrected chi connectivity index (χ4v) is 4.79. The maximum absolute atomic E-state index is 13.0. The van der Waals surface area contributed by atoms with E-state index in [4.69, 9.17) is 4.18 Å². The van der Waals surface area contributed by atoms with Crippen molar-refractivity contribution in [2.45, 2.75) is 4.90 Å². The lowest BCUT2D eigenvalue weighted by atomic mass is 10.1. The summed E-state index contributed by atoms with van der Waals surface area (Å²) in [5.41, 5.74) is -0.557. The van der Waals surface area contributed by atoms with Crippen molar-refractivity contribution in [1.82, 2.24) is 5.32 Å². The van der Waals surface area contributed by atoms with Crippen LogP contribution in [0.3, 0.4) is 0 Å². The van der Waals surface area contributed by atoms with Crippen molar-refractivity contribution >= 4 is 61.3 Å². The van der Waals surface area contributed by atoms with Crippen molar-refractivity contribution in [3.05, 3.63) is 98.5 Å². The van der Waals surface area contributed by atoms with Crippen LogP contribution in [0.4, 0.5) is 16.2 Å². The Hall–Kier alpha value is -4.36. The molecule has 182 valence electrons. The number of nitro groups is 1. The van der Waals surface area contributed by atoms with Crippen molar-refractivity contribution in [3.8, 4) is 5.75 Å². The number of carbonyl (C=O) groups excluding carboxylic acids is 3. The second kappa shape index (κ2) is 9.71. The zero-order valence-corrected chi connectivity index (χ0v) is 20.4. The fourth-order valence-electron chi connectivity index (χ4n) is 3.23. The number of barbiturate groups is 1. The van der Waals surface area contributed by atoms with Crippen LogP contribution in [-0.2, 0) is 19.7 Å². The van der Waals surface area contributed by atoms with Crippen molar-refractivity contribution in [2.75, 3.05) is 4.90 Å². The Morgan fingerprint density at radius 1 is 0.972 bits per heavy atom. The third-order valence-electron chi connectivity index (χ3n) is 4.90. The van der Waals surface area contributed by atoms with Gasteiger partial charge < -0.3 is 4.18 Å². The van der Waals surface area contributed by atoms with E-state index in [1.165, 1.54) is 54.6 Å². The number of urea groups is 1. The van der Waals surface area contributed by atoms with E-state index in [9.17, 15) is 32.9 Å². The minimum Gasteiger partial charge on any atom is -0.378 e. The highest BCUT2D eigenvalue weighted by molar-refractivity contribution is 9.10. The van der Waals surface area contributed by atoms with Crippen LogP contribution in [-0.4, -0.2) is 31.2 Å². The van der Waals surface area contributed by atoms with Gasteiger partial charge in [-0.15, -0.1) is 0 Å². The van der Waals surface area contributed by atoms with Gasteiger partial charge in [-0.25, -0.2) is 9.69 Å². The summed E-state index contributed by atoms with van der Waals surface area (Å²) in [5.74, 6) is -1.99. The van der Waals surface area contributed by atoms with Gasteiger partial charge in [0.15, 0.2) is 5.75 Å². The molecule has 1 heterocycles. The van der Waals surface area contributed by atoms with Gasteiger partial charge in [0.25, 0.3) is 17.5 Å². The molecule has 3 aromatic carbocycles. The fraction of sp³-hybridized carbons (Fsp3) is 0. The smallest absolute Gasteiger partial charge is 0.339 e. The number of nitrogens with one attached hydrogen (secondary N) is 1. The normalized spacial score (nSPS) is 15.1. The highest BCUT2D eigenvalue weighted by atomic mass is 79.9. The van der Waals surface area contributed by atoms with Crippen LogP contribution in [0.5, 0.6) is 5.75 Å². The number of hydrogen-bond donors (Lipinski definition) is 1. The third-order valence-corrected chi connectivity index (χ3v) is 6.77. The minimum atomic E-state index is -4.10. The molecule has 1 N–H and O–H groups in total. The first-order chi connectivity index (χ1) is 17.1. The monoisotopic (exact) mass is 571 g/mol. The second-order valence-corrected chi connectivity index (χ2v) is 9.68. The van der Waals surface area contributed by atoms with Gasteiger partial charge in [0.1, 0.15) is 10.5 Å². The number of non-ortho nitro benzene ring substituents is 1. The summed E-state index contributed by atoms with van der Waals surface area (Å²) in [7, 11) is -4.10. The van der Waals surface area contributed by atoms with E-state index in [-0.39, 0.29) is 26.5 Å². The van der Waals surface area contributed by atoms with Crippen LogP contribution in [0, 0.1) is 10.1 Å². The largest absolute Gasteiger partial charge is 0.378 e. The van der Waals surface area contributed by atoms with Gasteiger partial charge in [-0.3, -0.25) is 25.0 Å². The molecule has 1 saturated heterocycles. The van der Waals surface area contributed by atoms with E-state index in [0.717, 1.165) is 6.07 Å². The number of benzene rings is 3. The number of carbonyl (C=O) groups is 3. The number of rotatable bonds is 6. The molecule has 3 aromatic rings. The molecular formula is C23H14BrN3O8S. The van der Waals surface area contributed by atoms with Crippen LogP contribution in [0.1, 0.15) is 5.56 Å². The molecule has 0 unspecified atom stereocenters. The predicted molar refractivity (Wildman–Crippen MR) is 130 cm³/mol. The first-order valence-corrected chi connectivity index (χ1v) is 12.2. The van der Waals surface area contributed by atoms with Crippen LogP contribution in [0.2, 0.25) is 0 Å². The Morgan fingerprint density at radius 3 is 2.36 bits per heavy atom. The number of imide groups is 2. The molecular weight excluding hydrogens is 558 g/mol. The number of nitrogens with zero attached hydrogens (tertiary/aromatic N) is 2. The molecule has 11 nitrogen and oxygen atoms in total. The lowest BCUT2D eigenvalue weighted by Crippen LogP contribution is -2.54. The first-order valence-electron chi connectivity index (χ1n) is 10.0. The summed E-state index contributed by atoms with van der Waals surface area (Å²) in [5, 5.41) is 13.1. The molecule has 0 atom stereocenters. The van der Waals surface area contributed by atoms with Crippen LogP contribution < -0.4 is 14.4 Å². The van der Waals surface area contributed by atoms with E-state index in [2.05, 4.69) is 15.9 Å². The van der Waals surface area contributed by atoms with E-state index in [1.54, 1.807) is 18.2 Å². The molecule has 4 rings (SSSR count). The van der Waals surface area contributed by atoms with Gasteiger partial charge in [0.05, 0.1) is 15.1 Å².